The summed E-state index contributed by atoms with van der Waals surface area (Å²) in [6.07, 6.45) is 15.9. The van der Waals surface area contributed by atoms with Crippen molar-refractivity contribution in [2.24, 2.45) is 0 Å². The predicted molar refractivity (Wildman–Crippen MR) is 196 cm³/mol. The van der Waals surface area contributed by atoms with Gasteiger partial charge in [0.25, 0.3) is 0 Å². The average molecular weight is 593 g/mol. The average Bonchev–Trinajstić information content (AvgIpc) is 3.14. The Hall–Kier alpha value is -5.60. The van der Waals surface area contributed by atoms with E-state index in [2.05, 4.69) is 180 Å². The molecule has 2 heteroatoms. The van der Waals surface area contributed by atoms with Crippen LogP contribution in [0, 0.1) is 0 Å². The first kappa shape index (κ1) is 27.9. The molecule has 0 bridgehead atoms. The van der Waals surface area contributed by atoms with E-state index in [0.29, 0.717) is 0 Å². The molecule has 6 aromatic carbocycles. The maximum atomic E-state index is 2.43. The van der Waals surface area contributed by atoms with E-state index < -0.39 is 0 Å². The van der Waals surface area contributed by atoms with Crippen LogP contribution in [0.2, 0.25) is 0 Å². The summed E-state index contributed by atoms with van der Waals surface area (Å²) in [5, 5.41) is 2.47. The third-order valence-corrected chi connectivity index (χ3v) is 9.12. The van der Waals surface area contributed by atoms with E-state index in [-0.39, 0.29) is 0 Å². The molecule has 2 aliphatic carbocycles. The topological polar surface area (TPSA) is 6.48 Å². The lowest BCUT2D eigenvalue weighted by atomic mass is 9.94. The van der Waals surface area contributed by atoms with E-state index in [1.54, 1.807) is 0 Å². The van der Waals surface area contributed by atoms with Crippen molar-refractivity contribution in [2.75, 3.05) is 9.80 Å². The van der Waals surface area contributed by atoms with Crippen LogP contribution in [-0.2, 0) is 6.42 Å². The van der Waals surface area contributed by atoms with Gasteiger partial charge in [-0.3, -0.25) is 0 Å². The summed E-state index contributed by atoms with van der Waals surface area (Å²) in [6.45, 7) is 0. The number of rotatable bonds is 7. The van der Waals surface area contributed by atoms with E-state index in [4.69, 9.17) is 0 Å². The number of hydrogen-bond donors (Lipinski definition) is 0. The molecule has 222 valence electrons. The minimum atomic E-state index is 1.07. The van der Waals surface area contributed by atoms with Gasteiger partial charge in [-0.2, -0.15) is 0 Å². The van der Waals surface area contributed by atoms with Gasteiger partial charge < -0.3 is 9.80 Å². The quantitative estimate of drug-likeness (QED) is 0.182. The highest BCUT2D eigenvalue weighted by atomic mass is 15.2. The molecule has 46 heavy (non-hydrogen) atoms. The second kappa shape index (κ2) is 12.4. The summed E-state index contributed by atoms with van der Waals surface area (Å²) in [5.41, 5.74) is 12.3. The maximum absolute atomic E-state index is 2.43. The zero-order valence-corrected chi connectivity index (χ0v) is 25.9. The Bertz CT molecular complexity index is 2080. The lowest BCUT2D eigenvalue weighted by Gasteiger charge is -2.30. The van der Waals surface area contributed by atoms with E-state index in [1.165, 1.54) is 55.8 Å². The van der Waals surface area contributed by atoms with Crippen molar-refractivity contribution in [1.29, 1.82) is 0 Å². The summed E-state index contributed by atoms with van der Waals surface area (Å²) in [7, 11) is 0. The molecule has 0 unspecified atom stereocenters. The zero-order valence-electron chi connectivity index (χ0n) is 25.9. The molecule has 0 N–H and O–H groups in total. The molecule has 0 aliphatic heterocycles. The standard InChI is InChI=1S/C44H36N2/c1-3-17-37(18-4-1)45(43-23-11-15-35-13-7-9-21-41(35)43)39-29-25-33(26-30-39)34-27-31-40(32-28-34)46(38-19-5-2-6-20-38)44-24-12-16-36-14-8-10-22-42(36)44/h1,3-5,7,9-13,15-32H,2,6,8,14H2. The third kappa shape index (κ3) is 5.33. The Kier molecular flexibility index (Phi) is 7.54. The van der Waals surface area contributed by atoms with Crippen LogP contribution >= 0.6 is 0 Å². The van der Waals surface area contributed by atoms with Gasteiger partial charge >= 0.3 is 0 Å². The van der Waals surface area contributed by atoms with Crippen LogP contribution in [0.5, 0.6) is 0 Å². The maximum Gasteiger partial charge on any atom is 0.0540 e. The third-order valence-electron chi connectivity index (χ3n) is 9.12. The molecule has 0 saturated carbocycles. The lowest BCUT2D eigenvalue weighted by molar-refractivity contribution is 0.975. The van der Waals surface area contributed by atoms with Crippen LogP contribution < -0.4 is 9.80 Å². The Morgan fingerprint density at radius 3 is 1.83 bits per heavy atom. The van der Waals surface area contributed by atoms with Crippen LogP contribution in [0.4, 0.5) is 28.4 Å². The summed E-state index contributed by atoms with van der Waals surface area (Å²) in [5.74, 6) is 0. The number of aryl methyl sites for hydroxylation is 1. The van der Waals surface area contributed by atoms with Crippen LogP contribution in [0.1, 0.15) is 30.4 Å². The van der Waals surface area contributed by atoms with Gasteiger partial charge in [-0.25, -0.2) is 0 Å². The van der Waals surface area contributed by atoms with E-state index in [1.807, 2.05) is 0 Å². The van der Waals surface area contributed by atoms with Crippen molar-refractivity contribution in [2.45, 2.75) is 25.7 Å². The molecule has 0 fully saturated rings. The van der Waals surface area contributed by atoms with E-state index in [0.717, 1.165) is 37.1 Å². The molecule has 0 amide bonds. The highest BCUT2D eigenvalue weighted by Gasteiger charge is 2.20. The molecule has 2 aliphatic rings. The molecular weight excluding hydrogens is 556 g/mol. The zero-order chi connectivity index (χ0) is 30.7. The van der Waals surface area contributed by atoms with Crippen LogP contribution in [0.15, 0.2) is 170 Å². The first-order valence-corrected chi connectivity index (χ1v) is 16.3. The summed E-state index contributed by atoms with van der Waals surface area (Å²) in [4.78, 5) is 4.78. The number of anilines is 5. The molecule has 0 atom stereocenters. The van der Waals surface area contributed by atoms with Gasteiger partial charge in [0, 0.05) is 33.7 Å². The van der Waals surface area contributed by atoms with Gasteiger partial charge in [0.05, 0.1) is 11.4 Å². The van der Waals surface area contributed by atoms with Gasteiger partial charge in [0.1, 0.15) is 0 Å². The molecule has 0 heterocycles. The molecule has 2 nitrogen and oxygen atoms in total. The first-order chi connectivity index (χ1) is 22.8. The van der Waals surface area contributed by atoms with Gasteiger partial charge in [-0.15, -0.1) is 0 Å². The van der Waals surface area contributed by atoms with Crippen molar-refractivity contribution in [3.63, 3.8) is 0 Å². The molecule has 0 spiro atoms. The molecule has 0 radical (unpaired) electrons. The Balaban J connectivity index is 1.14. The molecular formula is C44H36N2. The van der Waals surface area contributed by atoms with Gasteiger partial charge in [0.2, 0.25) is 0 Å². The fraction of sp³-hybridized carbons (Fsp3) is 0.0909. The van der Waals surface area contributed by atoms with Gasteiger partial charge in [-0.05, 0) is 102 Å². The fourth-order valence-electron chi connectivity index (χ4n) is 6.85. The minimum Gasteiger partial charge on any atom is -0.310 e. The van der Waals surface area contributed by atoms with Gasteiger partial charge in [0.15, 0.2) is 0 Å². The monoisotopic (exact) mass is 592 g/mol. The number of para-hydroxylation sites is 1. The normalized spacial score (nSPS) is 13.7. The largest absolute Gasteiger partial charge is 0.310 e. The van der Waals surface area contributed by atoms with E-state index >= 15 is 0 Å². The Morgan fingerprint density at radius 1 is 0.435 bits per heavy atom. The molecule has 6 aromatic rings. The van der Waals surface area contributed by atoms with Crippen molar-refractivity contribution in [3.05, 3.63) is 181 Å². The van der Waals surface area contributed by atoms with E-state index in [9.17, 15) is 0 Å². The van der Waals surface area contributed by atoms with Crippen LogP contribution in [0.25, 0.3) is 28.0 Å². The Labute approximate surface area is 271 Å². The summed E-state index contributed by atoms with van der Waals surface area (Å²) < 4.78 is 0. The number of fused-ring (bicyclic) bond motifs is 2. The van der Waals surface area contributed by atoms with Gasteiger partial charge in [-0.1, -0.05) is 115 Å². The number of allylic oxidation sites excluding steroid dienone is 4. The lowest BCUT2D eigenvalue weighted by Crippen LogP contribution is -2.18. The number of nitrogens with zero attached hydrogens (tertiary/aromatic N) is 2. The second-order valence-electron chi connectivity index (χ2n) is 12.0. The fourth-order valence-corrected chi connectivity index (χ4v) is 6.85. The highest BCUT2D eigenvalue weighted by Crippen LogP contribution is 2.41. The molecule has 8 rings (SSSR count). The molecule has 0 aromatic heterocycles. The predicted octanol–water partition coefficient (Wildman–Crippen LogP) is 12.3. The SMILES string of the molecule is C1=CC(N(c2ccc(-c3ccc(N(c4ccccc4)c4cccc5ccccc45)cc3)cc2)c2cccc3c2C=CCC3)=CCC1. The minimum absolute atomic E-state index is 1.07. The van der Waals surface area contributed by atoms with Crippen LogP contribution in [-0.4, -0.2) is 0 Å². The number of hydrogen-bond acceptors (Lipinski definition) is 2. The van der Waals surface area contributed by atoms with Crippen molar-refractivity contribution < 1.29 is 0 Å². The van der Waals surface area contributed by atoms with Crippen LogP contribution in [0.3, 0.4) is 0 Å². The summed E-state index contributed by atoms with van der Waals surface area (Å²) >= 11 is 0. The molecule has 0 saturated heterocycles. The summed E-state index contributed by atoms with van der Waals surface area (Å²) in [6, 6.07) is 50.6. The Morgan fingerprint density at radius 2 is 1.07 bits per heavy atom. The van der Waals surface area contributed by atoms with Crippen molar-refractivity contribution >= 4 is 45.3 Å². The second-order valence-corrected chi connectivity index (χ2v) is 12.0. The first-order valence-electron chi connectivity index (χ1n) is 16.3. The van der Waals surface area contributed by atoms with Crippen molar-refractivity contribution in [3.8, 4) is 11.1 Å². The highest BCUT2D eigenvalue weighted by molar-refractivity contribution is 5.99. The smallest absolute Gasteiger partial charge is 0.0540 e. The number of benzene rings is 6. The van der Waals surface area contributed by atoms with Crippen molar-refractivity contribution in [1.82, 2.24) is 0 Å².